The third-order valence-electron chi connectivity index (χ3n) is 5.74. The average molecular weight is 483 g/mol. The molecule has 0 aliphatic carbocycles. The van der Waals surface area contributed by atoms with Crippen molar-refractivity contribution in [2.45, 2.75) is 13.1 Å². The van der Waals surface area contributed by atoms with Gasteiger partial charge in [0.25, 0.3) is 5.56 Å². The van der Waals surface area contributed by atoms with Crippen molar-refractivity contribution in [3.05, 3.63) is 119 Å². The number of methoxy groups -OCH3 is 1. The molecule has 1 N–H and O–H groups in total. The minimum absolute atomic E-state index is 0.000257. The van der Waals surface area contributed by atoms with Crippen molar-refractivity contribution in [3.63, 3.8) is 0 Å². The second kappa shape index (κ2) is 10.2. The van der Waals surface area contributed by atoms with E-state index < -0.39 is 11.4 Å². The van der Waals surface area contributed by atoms with Crippen LogP contribution in [0.15, 0.2) is 96.1 Å². The zero-order chi connectivity index (χ0) is 24.9. The monoisotopic (exact) mass is 482 g/mol. The Kier molecular flexibility index (Phi) is 6.53. The highest BCUT2D eigenvalue weighted by Gasteiger charge is 2.16. The maximum absolute atomic E-state index is 14.2. The SMILES string of the molecule is COc1ccc(-c2cn(-c3cnn(Cc4ccccc4F)c(=O)c3NCc3ccccc3)nn2)cc1. The second-order valence-corrected chi connectivity index (χ2v) is 8.08. The summed E-state index contributed by atoms with van der Waals surface area (Å²) in [7, 11) is 1.61. The van der Waals surface area contributed by atoms with Gasteiger partial charge >= 0.3 is 0 Å². The van der Waals surface area contributed by atoms with Crippen molar-refractivity contribution >= 4 is 5.69 Å². The molecule has 36 heavy (non-hydrogen) atoms. The minimum atomic E-state index is -0.395. The summed E-state index contributed by atoms with van der Waals surface area (Å²) in [6, 6.07) is 23.5. The molecular formula is C27H23FN6O2. The lowest BCUT2D eigenvalue weighted by molar-refractivity contribution is 0.415. The molecule has 0 unspecified atom stereocenters. The van der Waals surface area contributed by atoms with Gasteiger partial charge in [-0.1, -0.05) is 53.7 Å². The fourth-order valence-electron chi connectivity index (χ4n) is 3.78. The van der Waals surface area contributed by atoms with Crippen LogP contribution in [0.25, 0.3) is 16.9 Å². The molecule has 180 valence electrons. The number of nitrogens with one attached hydrogen (secondary N) is 1. The first-order valence-electron chi connectivity index (χ1n) is 11.3. The van der Waals surface area contributed by atoms with E-state index in [4.69, 9.17) is 4.74 Å². The van der Waals surface area contributed by atoms with E-state index in [1.807, 2.05) is 54.6 Å². The third kappa shape index (κ3) is 4.85. The second-order valence-electron chi connectivity index (χ2n) is 8.08. The van der Waals surface area contributed by atoms with Gasteiger partial charge in [-0.15, -0.1) is 5.10 Å². The van der Waals surface area contributed by atoms with Gasteiger partial charge < -0.3 is 10.1 Å². The number of hydrogen-bond donors (Lipinski definition) is 1. The third-order valence-corrected chi connectivity index (χ3v) is 5.74. The van der Waals surface area contributed by atoms with E-state index in [1.165, 1.54) is 21.6 Å². The van der Waals surface area contributed by atoms with Gasteiger partial charge in [0.1, 0.15) is 28.6 Å². The summed E-state index contributed by atoms with van der Waals surface area (Å²) < 4.78 is 22.2. The maximum Gasteiger partial charge on any atom is 0.292 e. The van der Waals surface area contributed by atoms with E-state index in [2.05, 4.69) is 20.7 Å². The molecule has 0 aliphatic rings. The minimum Gasteiger partial charge on any atom is -0.497 e. The number of aromatic nitrogens is 5. The molecule has 2 heterocycles. The first-order valence-corrected chi connectivity index (χ1v) is 11.3. The van der Waals surface area contributed by atoms with Crippen molar-refractivity contribution in [3.8, 4) is 22.7 Å². The van der Waals surface area contributed by atoms with Gasteiger partial charge in [0.2, 0.25) is 0 Å². The number of benzene rings is 3. The molecule has 0 atom stereocenters. The molecule has 0 radical (unpaired) electrons. The Hall–Kier alpha value is -4.79. The molecule has 2 aromatic heterocycles. The van der Waals surface area contributed by atoms with Crippen LogP contribution >= 0.6 is 0 Å². The Morgan fingerprint density at radius 2 is 1.72 bits per heavy atom. The first-order chi connectivity index (χ1) is 17.6. The molecule has 0 amide bonds. The number of ether oxygens (including phenoxy) is 1. The molecule has 5 aromatic rings. The van der Waals surface area contributed by atoms with Crippen LogP contribution in [0, 0.1) is 5.82 Å². The van der Waals surface area contributed by atoms with Gasteiger partial charge in [-0.05, 0) is 35.9 Å². The Labute approximate surface area is 206 Å². The fraction of sp³-hybridized carbons (Fsp3) is 0.111. The number of rotatable bonds is 8. The maximum atomic E-state index is 14.2. The van der Waals surface area contributed by atoms with E-state index in [1.54, 1.807) is 31.5 Å². The summed E-state index contributed by atoms with van der Waals surface area (Å²) >= 11 is 0. The van der Waals surface area contributed by atoms with Crippen molar-refractivity contribution in [2.75, 3.05) is 12.4 Å². The zero-order valence-electron chi connectivity index (χ0n) is 19.5. The molecule has 9 heteroatoms. The van der Waals surface area contributed by atoms with Crippen molar-refractivity contribution < 1.29 is 9.13 Å². The quantitative estimate of drug-likeness (QED) is 0.355. The van der Waals surface area contributed by atoms with Gasteiger partial charge in [0.15, 0.2) is 0 Å². The topological polar surface area (TPSA) is 86.9 Å². The Morgan fingerprint density at radius 1 is 0.972 bits per heavy atom. The summed E-state index contributed by atoms with van der Waals surface area (Å²) in [5.74, 6) is 0.343. The number of halogens is 1. The van der Waals surface area contributed by atoms with Crippen LogP contribution in [0.5, 0.6) is 5.75 Å². The lowest BCUT2D eigenvalue weighted by Crippen LogP contribution is -2.28. The fourth-order valence-corrected chi connectivity index (χ4v) is 3.78. The molecule has 8 nitrogen and oxygen atoms in total. The predicted octanol–water partition coefficient (Wildman–Crippen LogP) is 4.30. The molecular weight excluding hydrogens is 459 g/mol. The average Bonchev–Trinajstić information content (AvgIpc) is 3.41. The summed E-state index contributed by atoms with van der Waals surface area (Å²) in [4.78, 5) is 13.5. The van der Waals surface area contributed by atoms with Crippen molar-refractivity contribution in [1.29, 1.82) is 0 Å². The Bertz CT molecular complexity index is 1530. The predicted molar refractivity (Wildman–Crippen MR) is 135 cm³/mol. The van der Waals surface area contributed by atoms with Crippen molar-refractivity contribution in [2.24, 2.45) is 0 Å². The van der Waals surface area contributed by atoms with E-state index in [0.717, 1.165) is 16.9 Å². The highest BCUT2D eigenvalue weighted by molar-refractivity contribution is 5.62. The number of hydrogen-bond acceptors (Lipinski definition) is 6. The molecule has 0 bridgehead atoms. The van der Waals surface area contributed by atoms with Crippen LogP contribution in [0.3, 0.4) is 0 Å². The lowest BCUT2D eigenvalue weighted by Gasteiger charge is -2.14. The van der Waals surface area contributed by atoms with E-state index in [0.29, 0.717) is 23.5 Å². The van der Waals surface area contributed by atoms with Crippen LogP contribution in [-0.2, 0) is 13.1 Å². The van der Waals surface area contributed by atoms with E-state index in [-0.39, 0.29) is 12.2 Å². The molecule has 0 fully saturated rings. The van der Waals surface area contributed by atoms with Gasteiger partial charge in [0, 0.05) is 17.7 Å². The molecule has 0 aliphatic heterocycles. The summed E-state index contributed by atoms with van der Waals surface area (Å²) in [6.45, 7) is 0.410. The van der Waals surface area contributed by atoms with Gasteiger partial charge in [-0.3, -0.25) is 4.79 Å². The molecule has 0 spiro atoms. The standard InChI is InChI=1S/C27H23FN6O2/c1-36-22-13-11-20(12-14-22)24-18-33(32-31-24)25-16-30-34(17-21-9-5-6-10-23(21)28)27(35)26(25)29-15-19-7-3-2-4-8-19/h2-14,16,18,29H,15,17H2,1H3. The molecule has 0 saturated heterocycles. The molecule has 5 rings (SSSR count). The smallest absolute Gasteiger partial charge is 0.292 e. The van der Waals surface area contributed by atoms with E-state index >= 15 is 0 Å². The van der Waals surface area contributed by atoms with Gasteiger partial charge in [0.05, 0.1) is 26.0 Å². The highest BCUT2D eigenvalue weighted by Crippen LogP contribution is 2.23. The lowest BCUT2D eigenvalue weighted by atomic mass is 10.1. The van der Waals surface area contributed by atoms with Gasteiger partial charge in [-0.2, -0.15) is 5.10 Å². The van der Waals surface area contributed by atoms with Crippen molar-refractivity contribution in [1.82, 2.24) is 24.8 Å². The van der Waals surface area contributed by atoms with Crippen LogP contribution in [0.2, 0.25) is 0 Å². The first kappa shape index (κ1) is 23.0. The van der Waals surface area contributed by atoms with Crippen LogP contribution in [0.1, 0.15) is 11.1 Å². The van der Waals surface area contributed by atoms with Gasteiger partial charge in [-0.25, -0.2) is 13.8 Å². The largest absolute Gasteiger partial charge is 0.497 e. The summed E-state index contributed by atoms with van der Waals surface area (Å²) in [6.07, 6.45) is 3.26. The van der Waals surface area contributed by atoms with Crippen LogP contribution in [0.4, 0.5) is 10.1 Å². The van der Waals surface area contributed by atoms with E-state index in [9.17, 15) is 9.18 Å². The molecule has 0 saturated carbocycles. The number of nitrogens with zero attached hydrogens (tertiary/aromatic N) is 5. The van der Waals surface area contributed by atoms with Crippen LogP contribution in [-0.4, -0.2) is 31.9 Å². The Balaban J connectivity index is 1.52. The molecule has 3 aromatic carbocycles. The summed E-state index contributed by atoms with van der Waals surface area (Å²) in [5, 5.41) is 16.0. The zero-order valence-corrected chi connectivity index (χ0v) is 19.5. The van der Waals surface area contributed by atoms with Crippen LogP contribution < -0.4 is 15.6 Å². The Morgan fingerprint density at radius 3 is 2.47 bits per heavy atom. The number of anilines is 1. The normalized spacial score (nSPS) is 10.8. The summed E-state index contributed by atoms with van der Waals surface area (Å²) in [5.41, 5.74) is 3.18. The highest BCUT2D eigenvalue weighted by atomic mass is 19.1.